The molecule has 3 nitrogen and oxygen atoms in total. The predicted octanol–water partition coefficient (Wildman–Crippen LogP) is 2.01. The van der Waals surface area contributed by atoms with Crippen molar-refractivity contribution in [1.29, 1.82) is 0 Å². The zero-order chi connectivity index (χ0) is 10.8. The maximum atomic E-state index is 10.9. The molecule has 15 heavy (non-hydrogen) atoms. The van der Waals surface area contributed by atoms with Crippen LogP contribution in [0.5, 0.6) is 0 Å². The first-order valence-corrected chi connectivity index (χ1v) is 5.25. The highest BCUT2D eigenvalue weighted by molar-refractivity contribution is 5.88. The average Bonchev–Trinajstić information content (AvgIpc) is 2.18. The summed E-state index contributed by atoms with van der Waals surface area (Å²) in [6.07, 6.45) is 2.50. The van der Waals surface area contributed by atoms with Gasteiger partial charge in [0.1, 0.15) is 0 Å². The van der Waals surface area contributed by atoms with Crippen molar-refractivity contribution in [3.8, 4) is 0 Å². The number of rotatable bonds is 1. The summed E-state index contributed by atoms with van der Waals surface area (Å²) in [5.41, 5.74) is 2.93. The van der Waals surface area contributed by atoms with Crippen LogP contribution in [0.25, 0.3) is 0 Å². The fourth-order valence-corrected chi connectivity index (χ4v) is 2.06. The van der Waals surface area contributed by atoms with Crippen LogP contribution < -0.4 is 5.32 Å². The Morgan fingerprint density at radius 3 is 3.07 bits per heavy atom. The van der Waals surface area contributed by atoms with Crippen molar-refractivity contribution in [2.24, 2.45) is 0 Å². The SMILES string of the molecule is CC(=O)Nc1ccc2c(c1)C(O)CCC2. The molecule has 0 saturated heterocycles. The van der Waals surface area contributed by atoms with E-state index in [1.165, 1.54) is 12.5 Å². The van der Waals surface area contributed by atoms with E-state index in [1.807, 2.05) is 18.2 Å². The van der Waals surface area contributed by atoms with Gasteiger partial charge in [-0.05, 0) is 42.5 Å². The number of hydrogen-bond donors (Lipinski definition) is 2. The minimum Gasteiger partial charge on any atom is -0.388 e. The van der Waals surface area contributed by atoms with Crippen molar-refractivity contribution in [3.05, 3.63) is 29.3 Å². The van der Waals surface area contributed by atoms with Gasteiger partial charge in [-0.3, -0.25) is 4.79 Å². The summed E-state index contributed by atoms with van der Waals surface area (Å²) < 4.78 is 0. The molecule has 0 aromatic heterocycles. The molecule has 80 valence electrons. The van der Waals surface area contributed by atoms with Gasteiger partial charge >= 0.3 is 0 Å². The number of aryl methyl sites for hydroxylation is 1. The minimum atomic E-state index is -0.373. The highest BCUT2D eigenvalue weighted by Crippen LogP contribution is 2.31. The number of aliphatic hydroxyl groups is 1. The summed E-state index contributed by atoms with van der Waals surface area (Å²) >= 11 is 0. The first kappa shape index (κ1) is 10.2. The predicted molar refractivity (Wildman–Crippen MR) is 58.6 cm³/mol. The molecular formula is C12H15NO2. The van der Waals surface area contributed by atoms with Gasteiger partial charge in [0.25, 0.3) is 0 Å². The zero-order valence-corrected chi connectivity index (χ0v) is 8.79. The van der Waals surface area contributed by atoms with E-state index in [-0.39, 0.29) is 12.0 Å². The van der Waals surface area contributed by atoms with E-state index in [4.69, 9.17) is 0 Å². The van der Waals surface area contributed by atoms with Crippen molar-refractivity contribution >= 4 is 11.6 Å². The Morgan fingerprint density at radius 1 is 1.53 bits per heavy atom. The Labute approximate surface area is 89.1 Å². The van der Waals surface area contributed by atoms with Gasteiger partial charge in [-0.15, -0.1) is 0 Å². The second kappa shape index (κ2) is 4.03. The third kappa shape index (κ3) is 2.18. The molecule has 0 radical (unpaired) electrons. The summed E-state index contributed by atoms with van der Waals surface area (Å²) in [5, 5.41) is 12.5. The number of benzene rings is 1. The molecule has 0 saturated carbocycles. The molecule has 1 aromatic rings. The summed E-state index contributed by atoms with van der Waals surface area (Å²) in [7, 11) is 0. The Morgan fingerprint density at radius 2 is 2.33 bits per heavy atom. The number of anilines is 1. The van der Waals surface area contributed by atoms with Crippen LogP contribution in [0, 0.1) is 0 Å². The average molecular weight is 205 g/mol. The number of fused-ring (bicyclic) bond motifs is 1. The smallest absolute Gasteiger partial charge is 0.221 e. The standard InChI is InChI=1S/C12H15NO2/c1-8(14)13-10-6-5-9-3-2-4-12(15)11(9)7-10/h5-7,12,15H,2-4H2,1H3,(H,13,14). The molecule has 0 heterocycles. The van der Waals surface area contributed by atoms with Crippen molar-refractivity contribution in [2.75, 3.05) is 5.32 Å². The summed E-state index contributed by atoms with van der Waals surface area (Å²) in [6, 6.07) is 5.75. The van der Waals surface area contributed by atoms with Crippen LogP contribution >= 0.6 is 0 Å². The number of hydrogen-bond acceptors (Lipinski definition) is 2. The molecule has 1 aliphatic rings. The molecule has 3 heteroatoms. The van der Waals surface area contributed by atoms with Crippen LogP contribution in [0.1, 0.15) is 37.0 Å². The highest BCUT2D eigenvalue weighted by atomic mass is 16.3. The molecule has 1 unspecified atom stereocenters. The molecule has 0 spiro atoms. The Hall–Kier alpha value is -1.35. The first-order chi connectivity index (χ1) is 7.16. The van der Waals surface area contributed by atoms with Crippen LogP contribution in [0.2, 0.25) is 0 Å². The lowest BCUT2D eigenvalue weighted by molar-refractivity contribution is -0.114. The monoisotopic (exact) mass is 205 g/mol. The van der Waals surface area contributed by atoms with E-state index in [2.05, 4.69) is 5.32 Å². The van der Waals surface area contributed by atoms with E-state index >= 15 is 0 Å². The molecule has 1 aromatic carbocycles. The molecule has 0 bridgehead atoms. The largest absolute Gasteiger partial charge is 0.388 e. The van der Waals surface area contributed by atoms with E-state index in [0.29, 0.717) is 0 Å². The fraction of sp³-hybridized carbons (Fsp3) is 0.417. The van der Waals surface area contributed by atoms with Gasteiger partial charge < -0.3 is 10.4 Å². The van der Waals surface area contributed by atoms with Crippen molar-refractivity contribution in [3.63, 3.8) is 0 Å². The van der Waals surface area contributed by atoms with Crippen molar-refractivity contribution < 1.29 is 9.90 Å². The highest BCUT2D eigenvalue weighted by Gasteiger charge is 2.17. The molecule has 2 N–H and O–H groups in total. The number of carbonyl (C=O) groups is 1. The maximum Gasteiger partial charge on any atom is 0.221 e. The molecule has 0 aliphatic heterocycles. The van der Waals surface area contributed by atoms with Gasteiger partial charge in [0.05, 0.1) is 6.10 Å². The number of carbonyl (C=O) groups excluding carboxylic acids is 1. The third-order valence-corrected chi connectivity index (χ3v) is 2.75. The number of amides is 1. The second-order valence-corrected chi connectivity index (χ2v) is 4.00. The second-order valence-electron chi connectivity index (χ2n) is 4.00. The molecule has 0 fully saturated rings. The third-order valence-electron chi connectivity index (χ3n) is 2.75. The zero-order valence-electron chi connectivity index (χ0n) is 8.79. The lowest BCUT2D eigenvalue weighted by Crippen LogP contribution is -2.11. The summed E-state index contributed by atoms with van der Waals surface area (Å²) in [5.74, 6) is -0.0831. The molecule has 1 atom stereocenters. The lowest BCUT2D eigenvalue weighted by Gasteiger charge is -2.21. The normalized spacial score (nSPS) is 19.5. The molecule has 2 rings (SSSR count). The van der Waals surface area contributed by atoms with Gasteiger partial charge in [-0.1, -0.05) is 6.07 Å². The van der Waals surface area contributed by atoms with E-state index in [1.54, 1.807) is 0 Å². The van der Waals surface area contributed by atoms with Gasteiger partial charge in [-0.25, -0.2) is 0 Å². The van der Waals surface area contributed by atoms with E-state index in [9.17, 15) is 9.90 Å². The van der Waals surface area contributed by atoms with Gasteiger partial charge in [0.15, 0.2) is 0 Å². The van der Waals surface area contributed by atoms with E-state index < -0.39 is 0 Å². The quantitative estimate of drug-likeness (QED) is 0.736. The first-order valence-electron chi connectivity index (χ1n) is 5.25. The van der Waals surface area contributed by atoms with Crippen LogP contribution in [0.4, 0.5) is 5.69 Å². The maximum absolute atomic E-state index is 10.9. The number of nitrogens with one attached hydrogen (secondary N) is 1. The fourth-order valence-electron chi connectivity index (χ4n) is 2.06. The van der Waals surface area contributed by atoms with Crippen LogP contribution in [0.15, 0.2) is 18.2 Å². The lowest BCUT2D eigenvalue weighted by atomic mass is 9.89. The van der Waals surface area contributed by atoms with Crippen molar-refractivity contribution in [2.45, 2.75) is 32.3 Å². The van der Waals surface area contributed by atoms with Crippen LogP contribution in [-0.2, 0) is 11.2 Å². The Bertz CT molecular complexity index is 387. The Balaban J connectivity index is 2.31. The van der Waals surface area contributed by atoms with E-state index in [0.717, 1.165) is 30.5 Å². The minimum absolute atomic E-state index is 0.0831. The summed E-state index contributed by atoms with van der Waals surface area (Å²) in [4.78, 5) is 10.9. The van der Waals surface area contributed by atoms with Gasteiger partial charge in [0, 0.05) is 12.6 Å². The molecule has 1 amide bonds. The van der Waals surface area contributed by atoms with Gasteiger partial charge in [0.2, 0.25) is 5.91 Å². The van der Waals surface area contributed by atoms with Gasteiger partial charge in [-0.2, -0.15) is 0 Å². The number of aliphatic hydroxyl groups excluding tert-OH is 1. The van der Waals surface area contributed by atoms with Crippen LogP contribution in [-0.4, -0.2) is 11.0 Å². The van der Waals surface area contributed by atoms with Crippen molar-refractivity contribution in [1.82, 2.24) is 0 Å². The summed E-state index contributed by atoms with van der Waals surface area (Å²) in [6.45, 7) is 1.48. The molecular weight excluding hydrogens is 190 g/mol. The Kier molecular flexibility index (Phi) is 2.73. The topological polar surface area (TPSA) is 49.3 Å². The van der Waals surface area contributed by atoms with Crippen LogP contribution in [0.3, 0.4) is 0 Å². The molecule has 1 aliphatic carbocycles.